The van der Waals surface area contributed by atoms with Gasteiger partial charge < -0.3 is 10.2 Å². The standard InChI is InChI=1S/C19H17NO2/c1-11-5-2-3-8-14(11)18(21)19-17(20)15-9-12-6-4-7-13(12)10-16(15)22-19/h2-3,5,8-10H,4,6-7,20H2,1H3. The molecule has 4 rings (SSSR count). The molecule has 110 valence electrons. The predicted molar refractivity (Wildman–Crippen MR) is 87.3 cm³/mol. The molecule has 2 aromatic carbocycles. The van der Waals surface area contributed by atoms with E-state index in [1.54, 1.807) is 0 Å². The second kappa shape index (κ2) is 4.73. The van der Waals surface area contributed by atoms with Crippen LogP contribution in [-0.4, -0.2) is 5.78 Å². The zero-order valence-electron chi connectivity index (χ0n) is 12.5. The first-order valence-corrected chi connectivity index (χ1v) is 7.59. The van der Waals surface area contributed by atoms with Gasteiger partial charge in [-0.1, -0.05) is 24.3 Å². The van der Waals surface area contributed by atoms with Crippen LogP contribution in [0, 0.1) is 6.92 Å². The molecule has 1 aliphatic rings. The SMILES string of the molecule is Cc1ccccc1C(=O)c1oc2cc3c(cc2c1N)CCC3. The number of carbonyl (C=O) groups excluding carboxylic acids is 1. The maximum Gasteiger partial charge on any atom is 0.230 e. The summed E-state index contributed by atoms with van der Waals surface area (Å²) in [4.78, 5) is 12.7. The molecule has 0 saturated carbocycles. The van der Waals surface area contributed by atoms with Crippen LogP contribution in [0.15, 0.2) is 40.8 Å². The highest BCUT2D eigenvalue weighted by molar-refractivity contribution is 6.15. The van der Waals surface area contributed by atoms with Crippen LogP contribution in [0.1, 0.15) is 39.2 Å². The molecule has 2 N–H and O–H groups in total. The van der Waals surface area contributed by atoms with Gasteiger partial charge in [0.15, 0.2) is 5.76 Å². The lowest BCUT2D eigenvalue weighted by molar-refractivity contribution is 0.101. The van der Waals surface area contributed by atoms with Gasteiger partial charge in [-0.05, 0) is 55.0 Å². The second-order valence-corrected chi connectivity index (χ2v) is 5.96. The number of benzene rings is 2. The zero-order valence-corrected chi connectivity index (χ0v) is 12.5. The van der Waals surface area contributed by atoms with E-state index in [1.165, 1.54) is 17.5 Å². The Labute approximate surface area is 128 Å². The summed E-state index contributed by atoms with van der Waals surface area (Å²) in [6.45, 7) is 1.92. The molecule has 0 saturated heterocycles. The van der Waals surface area contributed by atoms with Crippen LogP contribution in [0.3, 0.4) is 0 Å². The molecule has 1 aliphatic carbocycles. The minimum absolute atomic E-state index is 0.146. The topological polar surface area (TPSA) is 56.2 Å². The van der Waals surface area contributed by atoms with Crippen molar-refractivity contribution in [3.63, 3.8) is 0 Å². The summed E-state index contributed by atoms with van der Waals surface area (Å²) in [6.07, 6.45) is 3.33. The molecular weight excluding hydrogens is 274 g/mol. The van der Waals surface area contributed by atoms with Gasteiger partial charge in [-0.3, -0.25) is 4.79 Å². The second-order valence-electron chi connectivity index (χ2n) is 5.96. The Morgan fingerprint density at radius 1 is 1.14 bits per heavy atom. The predicted octanol–water partition coefficient (Wildman–Crippen LogP) is 4.04. The maximum atomic E-state index is 12.7. The Morgan fingerprint density at radius 3 is 2.64 bits per heavy atom. The van der Waals surface area contributed by atoms with Crippen molar-refractivity contribution in [3.05, 3.63) is 64.4 Å². The smallest absolute Gasteiger partial charge is 0.230 e. The molecule has 0 spiro atoms. The molecule has 3 nitrogen and oxygen atoms in total. The van der Waals surface area contributed by atoms with Crippen LogP contribution in [0.4, 0.5) is 5.69 Å². The largest absolute Gasteiger partial charge is 0.450 e. The average molecular weight is 291 g/mol. The van der Waals surface area contributed by atoms with E-state index in [-0.39, 0.29) is 11.5 Å². The maximum absolute atomic E-state index is 12.7. The fourth-order valence-corrected chi connectivity index (χ4v) is 3.30. The van der Waals surface area contributed by atoms with E-state index < -0.39 is 0 Å². The van der Waals surface area contributed by atoms with E-state index in [2.05, 4.69) is 6.07 Å². The number of hydrogen-bond acceptors (Lipinski definition) is 3. The summed E-state index contributed by atoms with van der Waals surface area (Å²) in [5.74, 6) is 0.111. The lowest BCUT2D eigenvalue weighted by atomic mass is 10.0. The Balaban J connectivity index is 1.88. The highest BCUT2D eigenvalue weighted by atomic mass is 16.3. The van der Waals surface area contributed by atoms with Crippen LogP contribution in [0.25, 0.3) is 11.0 Å². The van der Waals surface area contributed by atoms with Gasteiger partial charge in [-0.15, -0.1) is 0 Å². The van der Waals surface area contributed by atoms with Gasteiger partial charge in [0, 0.05) is 10.9 Å². The summed E-state index contributed by atoms with van der Waals surface area (Å²) >= 11 is 0. The van der Waals surface area contributed by atoms with Gasteiger partial charge >= 0.3 is 0 Å². The first-order chi connectivity index (χ1) is 10.6. The lowest BCUT2D eigenvalue weighted by Gasteiger charge is -2.02. The number of anilines is 1. The van der Waals surface area contributed by atoms with E-state index in [0.29, 0.717) is 11.3 Å². The highest BCUT2D eigenvalue weighted by Gasteiger charge is 2.23. The Hall–Kier alpha value is -2.55. The molecule has 0 fully saturated rings. The summed E-state index contributed by atoms with van der Waals surface area (Å²) in [6, 6.07) is 11.6. The van der Waals surface area contributed by atoms with Crippen molar-refractivity contribution in [1.29, 1.82) is 0 Å². The molecule has 0 unspecified atom stereocenters. The van der Waals surface area contributed by atoms with Gasteiger partial charge in [-0.25, -0.2) is 0 Å². The van der Waals surface area contributed by atoms with E-state index >= 15 is 0 Å². The number of hydrogen-bond donors (Lipinski definition) is 1. The third kappa shape index (κ3) is 1.86. The Morgan fingerprint density at radius 2 is 1.86 bits per heavy atom. The molecule has 22 heavy (non-hydrogen) atoms. The summed E-state index contributed by atoms with van der Waals surface area (Å²) < 4.78 is 5.82. The average Bonchev–Trinajstić information content (AvgIpc) is 3.09. The van der Waals surface area contributed by atoms with E-state index in [9.17, 15) is 4.79 Å². The molecule has 0 atom stereocenters. The van der Waals surface area contributed by atoms with Gasteiger partial charge in [0.25, 0.3) is 0 Å². The van der Waals surface area contributed by atoms with Crippen LogP contribution in [0.2, 0.25) is 0 Å². The number of aryl methyl sites for hydroxylation is 3. The first kappa shape index (κ1) is 13.1. The number of nitrogens with two attached hydrogens (primary N) is 1. The van der Waals surface area contributed by atoms with Crippen molar-refractivity contribution < 1.29 is 9.21 Å². The van der Waals surface area contributed by atoms with Crippen LogP contribution in [-0.2, 0) is 12.8 Å². The molecular formula is C19H17NO2. The van der Waals surface area contributed by atoms with Crippen molar-refractivity contribution in [3.8, 4) is 0 Å². The molecule has 3 heteroatoms. The zero-order chi connectivity index (χ0) is 15.3. The molecule has 3 aromatic rings. The first-order valence-electron chi connectivity index (χ1n) is 7.59. The number of furan rings is 1. The minimum atomic E-state index is -0.146. The monoisotopic (exact) mass is 291 g/mol. The van der Waals surface area contributed by atoms with Crippen LogP contribution in [0.5, 0.6) is 0 Å². The van der Waals surface area contributed by atoms with Crippen molar-refractivity contribution in [2.45, 2.75) is 26.2 Å². The number of carbonyl (C=O) groups is 1. The Kier molecular flexibility index (Phi) is 2.83. The fraction of sp³-hybridized carbons (Fsp3) is 0.211. The summed E-state index contributed by atoms with van der Waals surface area (Å²) in [5, 5.41) is 0.859. The van der Waals surface area contributed by atoms with E-state index in [1.807, 2.05) is 37.3 Å². The minimum Gasteiger partial charge on any atom is -0.450 e. The summed E-state index contributed by atoms with van der Waals surface area (Å²) in [5.41, 5.74) is 11.6. The lowest BCUT2D eigenvalue weighted by Crippen LogP contribution is -2.04. The highest BCUT2D eigenvalue weighted by Crippen LogP contribution is 2.35. The number of fused-ring (bicyclic) bond motifs is 2. The number of nitrogen functional groups attached to an aromatic ring is 1. The number of ketones is 1. The third-order valence-corrected chi connectivity index (χ3v) is 4.54. The van der Waals surface area contributed by atoms with Crippen molar-refractivity contribution in [2.75, 3.05) is 5.73 Å². The molecule has 1 heterocycles. The van der Waals surface area contributed by atoms with Crippen molar-refractivity contribution in [2.24, 2.45) is 0 Å². The quantitative estimate of drug-likeness (QED) is 0.725. The van der Waals surface area contributed by atoms with Gasteiger partial charge in [0.1, 0.15) is 5.58 Å². The molecule has 0 bridgehead atoms. The van der Waals surface area contributed by atoms with Crippen LogP contribution < -0.4 is 5.73 Å². The van der Waals surface area contributed by atoms with E-state index in [0.717, 1.165) is 29.4 Å². The van der Waals surface area contributed by atoms with E-state index in [4.69, 9.17) is 10.2 Å². The molecule has 0 radical (unpaired) electrons. The molecule has 0 aliphatic heterocycles. The fourth-order valence-electron chi connectivity index (χ4n) is 3.30. The van der Waals surface area contributed by atoms with Gasteiger partial charge in [0.05, 0.1) is 5.69 Å². The van der Waals surface area contributed by atoms with Crippen molar-refractivity contribution >= 4 is 22.4 Å². The van der Waals surface area contributed by atoms with Gasteiger partial charge in [0.2, 0.25) is 5.78 Å². The third-order valence-electron chi connectivity index (χ3n) is 4.54. The number of rotatable bonds is 2. The molecule has 0 amide bonds. The molecule has 1 aromatic heterocycles. The normalized spacial score (nSPS) is 13.5. The van der Waals surface area contributed by atoms with Gasteiger partial charge in [-0.2, -0.15) is 0 Å². The summed E-state index contributed by atoms with van der Waals surface area (Å²) in [7, 11) is 0. The van der Waals surface area contributed by atoms with Crippen LogP contribution >= 0.6 is 0 Å². The van der Waals surface area contributed by atoms with Crippen molar-refractivity contribution in [1.82, 2.24) is 0 Å². The Bertz CT molecular complexity index is 905.